The van der Waals surface area contributed by atoms with E-state index in [0.717, 1.165) is 23.3 Å². The van der Waals surface area contributed by atoms with Crippen LogP contribution in [0.3, 0.4) is 0 Å². The zero-order valence-corrected chi connectivity index (χ0v) is 17.4. The van der Waals surface area contributed by atoms with Crippen LogP contribution in [0.5, 0.6) is 0 Å². The van der Waals surface area contributed by atoms with E-state index in [1.54, 1.807) is 6.92 Å². The van der Waals surface area contributed by atoms with Gasteiger partial charge in [-0.2, -0.15) is 0 Å². The van der Waals surface area contributed by atoms with Gasteiger partial charge in [-0.05, 0) is 39.2 Å². The lowest BCUT2D eigenvalue weighted by atomic mass is 10.1. The fraction of sp³-hybridized carbons (Fsp3) is 0.368. The minimum absolute atomic E-state index is 0.00784. The van der Waals surface area contributed by atoms with Crippen molar-refractivity contribution in [2.45, 2.75) is 39.7 Å². The van der Waals surface area contributed by atoms with Gasteiger partial charge in [0.25, 0.3) is 5.91 Å². The Hall–Kier alpha value is -3.34. The molecule has 0 aromatic carbocycles. The maximum Gasteiger partial charge on any atom is 0.342 e. The van der Waals surface area contributed by atoms with Gasteiger partial charge >= 0.3 is 5.97 Å². The van der Waals surface area contributed by atoms with E-state index in [-0.39, 0.29) is 23.2 Å². The first-order chi connectivity index (χ1) is 14.3. The number of rotatable bonds is 6. The van der Waals surface area contributed by atoms with Gasteiger partial charge in [0.15, 0.2) is 17.6 Å². The number of thiophene rings is 1. The molecule has 3 heterocycles. The van der Waals surface area contributed by atoms with Crippen LogP contribution < -0.4 is 10.6 Å². The third-order valence-corrected chi connectivity index (χ3v) is 6.01. The number of hydrogen-bond donors (Lipinski definition) is 3. The molecule has 3 aromatic rings. The summed E-state index contributed by atoms with van der Waals surface area (Å²) in [6.07, 6.45) is 3.36. The molecule has 0 aliphatic heterocycles. The highest BCUT2D eigenvalue weighted by molar-refractivity contribution is 7.16. The molecule has 0 radical (unpaired) electrons. The number of amides is 2. The normalized spacial score (nSPS) is 14.4. The predicted octanol–water partition coefficient (Wildman–Crippen LogP) is 2.56. The van der Waals surface area contributed by atoms with Crippen LogP contribution in [0.25, 0.3) is 11.2 Å². The molecular formula is C19H20N6O4S. The number of ether oxygens (including phenoxy) is 1. The highest BCUT2D eigenvalue weighted by atomic mass is 32.1. The Kier molecular flexibility index (Phi) is 5.20. The van der Waals surface area contributed by atoms with E-state index in [2.05, 4.69) is 30.6 Å². The molecule has 4 rings (SSSR count). The number of nitrogens with one attached hydrogen (secondary N) is 3. The van der Waals surface area contributed by atoms with E-state index < -0.39 is 18.0 Å². The second-order valence-corrected chi connectivity index (χ2v) is 8.34. The van der Waals surface area contributed by atoms with Crippen LogP contribution in [0.2, 0.25) is 0 Å². The average Bonchev–Trinajstić information content (AvgIpc) is 3.38. The zero-order valence-electron chi connectivity index (χ0n) is 16.6. The summed E-state index contributed by atoms with van der Waals surface area (Å²) in [7, 11) is 0. The van der Waals surface area contributed by atoms with Crippen molar-refractivity contribution in [2.75, 3.05) is 10.6 Å². The van der Waals surface area contributed by atoms with E-state index in [0.29, 0.717) is 16.2 Å². The number of carbonyl (C=O) groups excluding carboxylic acids is 3. The zero-order chi connectivity index (χ0) is 21.4. The number of imidazole rings is 1. The Morgan fingerprint density at radius 2 is 1.97 bits per heavy atom. The molecule has 1 aliphatic carbocycles. The lowest BCUT2D eigenvalue weighted by Crippen LogP contribution is -2.30. The number of aryl methyl sites for hydroxylation is 1. The monoisotopic (exact) mass is 428 g/mol. The quantitative estimate of drug-likeness (QED) is 0.513. The van der Waals surface area contributed by atoms with Crippen LogP contribution in [-0.4, -0.2) is 43.8 Å². The molecule has 3 aromatic heterocycles. The van der Waals surface area contributed by atoms with Gasteiger partial charge in [-0.15, -0.1) is 11.3 Å². The SMILES string of the molecule is Cc1sc(NC(=O)C2CC2)c(C(=O)OC(C)C(=O)Nc2ncnc3nc[nH]c23)c1C. The second kappa shape index (κ2) is 7.82. The number of aromatic amines is 1. The molecule has 30 heavy (non-hydrogen) atoms. The van der Waals surface area contributed by atoms with E-state index in [1.807, 2.05) is 6.92 Å². The molecular weight excluding hydrogens is 408 g/mol. The van der Waals surface area contributed by atoms with Gasteiger partial charge in [-0.1, -0.05) is 0 Å². The van der Waals surface area contributed by atoms with Crippen LogP contribution in [0, 0.1) is 19.8 Å². The number of H-pyrrole nitrogens is 1. The first-order valence-corrected chi connectivity index (χ1v) is 10.2. The fourth-order valence-corrected chi connectivity index (χ4v) is 3.92. The van der Waals surface area contributed by atoms with Gasteiger partial charge in [0.05, 0.1) is 11.9 Å². The topological polar surface area (TPSA) is 139 Å². The lowest BCUT2D eigenvalue weighted by Gasteiger charge is -2.14. The van der Waals surface area contributed by atoms with Gasteiger partial charge in [-0.3, -0.25) is 9.59 Å². The third kappa shape index (κ3) is 3.88. The highest BCUT2D eigenvalue weighted by Crippen LogP contribution is 2.36. The van der Waals surface area contributed by atoms with Gasteiger partial charge in [0.1, 0.15) is 16.8 Å². The maximum absolute atomic E-state index is 12.8. The van der Waals surface area contributed by atoms with E-state index in [1.165, 1.54) is 30.9 Å². The number of carbonyl (C=O) groups is 3. The van der Waals surface area contributed by atoms with Crippen LogP contribution in [-0.2, 0) is 14.3 Å². The maximum atomic E-state index is 12.8. The summed E-state index contributed by atoms with van der Waals surface area (Å²) in [5.74, 6) is -1.06. The molecule has 3 N–H and O–H groups in total. The number of esters is 1. The number of aromatic nitrogens is 4. The standard InChI is InChI=1S/C19H20N6O4S/c1-8-10(3)30-18(25-17(27)11-4-5-11)12(8)19(28)29-9(2)16(26)24-15-13-14(21-6-20-13)22-7-23-15/h6-7,9,11H,4-5H2,1-3H3,(H,25,27)(H2,20,21,22,23,24,26). The van der Waals surface area contributed by atoms with Crippen molar-refractivity contribution in [3.05, 3.63) is 28.7 Å². The third-order valence-electron chi connectivity index (χ3n) is 4.89. The van der Waals surface area contributed by atoms with Gasteiger partial charge in [0, 0.05) is 10.8 Å². The van der Waals surface area contributed by atoms with Gasteiger partial charge in [0.2, 0.25) is 5.91 Å². The van der Waals surface area contributed by atoms with Gasteiger partial charge < -0.3 is 20.4 Å². The summed E-state index contributed by atoms with van der Waals surface area (Å²) >= 11 is 1.32. The molecule has 0 bridgehead atoms. The van der Waals surface area contributed by atoms with Crippen LogP contribution >= 0.6 is 11.3 Å². The van der Waals surface area contributed by atoms with Crippen LogP contribution in [0.4, 0.5) is 10.8 Å². The van der Waals surface area contributed by atoms with Crippen molar-refractivity contribution in [3.8, 4) is 0 Å². The van der Waals surface area contributed by atoms with E-state index in [4.69, 9.17) is 4.74 Å². The minimum atomic E-state index is -1.09. The molecule has 1 atom stereocenters. The molecule has 11 heteroatoms. The Morgan fingerprint density at radius 1 is 1.20 bits per heavy atom. The first-order valence-electron chi connectivity index (χ1n) is 9.42. The molecule has 0 saturated heterocycles. The highest BCUT2D eigenvalue weighted by Gasteiger charge is 2.32. The summed E-state index contributed by atoms with van der Waals surface area (Å²) < 4.78 is 5.39. The Morgan fingerprint density at radius 3 is 2.70 bits per heavy atom. The molecule has 0 spiro atoms. The van der Waals surface area contributed by atoms with Crippen LogP contribution in [0.1, 0.15) is 40.6 Å². The number of nitrogens with zero attached hydrogens (tertiary/aromatic N) is 3. The number of hydrogen-bond acceptors (Lipinski definition) is 8. The van der Waals surface area contributed by atoms with E-state index in [9.17, 15) is 14.4 Å². The Labute approximate surface area is 175 Å². The fourth-order valence-electron chi connectivity index (χ4n) is 2.87. The average molecular weight is 428 g/mol. The molecule has 1 unspecified atom stereocenters. The molecule has 1 saturated carbocycles. The summed E-state index contributed by atoms with van der Waals surface area (Å²) in [5, 5.41) is 5.89. The van der Waals surface area contributed by atoms with Crippen molar-refractivity contribution < 1.29 is 19.1 Å². The van der Waals surface area contributed by atoms with E-state index >= 15 is 0 Å². The van der Waals surface area contributed by atoms with Crippen molar-refractivity contribution in [3.63, 3.8) is 0 Å². The van der Waals surface area contributed by atoms with Crippen molar-refractivity contribution in [1.29, 1.82) is 0 Å². The predicted molar refractivity (Wildman–Crippen MR) is 110 cm³/mol. The first kappa shape index (κ1) is 20.0. The summed E-state index contributed by atoms with van der Waals surface area (Å²) in [6, 6.07) is 0. The Balaban J connectivity index is 1.47. The molecule has 1 fully saturated rings. The number of anilines is 2. The molecule has 1 aliphatic rings. The summed E-state index contributed by atoms with van der Waals surface area (Å²) in [5.41, 5.74) is 1.88. The lowest BCUT2D eigenvalue weighted by molar-refractivity contribution is -0.123. The smallest absolute Gasteiger partial charge is 0.342 e. The largest absolute Gasteiger partial charge is 0.449 e. The second-order valence-electron chi connectivity index (χ2n) is 7.11. The molecule has 156 valence electrons. The van der Waals surface area contributed by atoms with Gasteiger partial charge in [-0.25, -0.2) is 19.7 Å². The summed E-state index contributed by atoms with van der Waals surface area (Å²) in [4.78, 5) is 53.3. The van der Waals surface area contributed by atoms with Crippen molar-refractivity contribution in [1.82, 2.24) is 19.9 Å². The Bertz CT molecular complexity index is 1150. The van der Waals surface area contributed by atoms with Crippen LogP contribution in [0.15, 0.2) is 12.7 Å². The minimum Gasteiger partial charge on any atom is -0.449 e. The summed E-state index contributed by atoms with van der Waals surface area (Å²) in [6.45, 7) is 5.12. The van der Waals surface area contributed by atoms with Crippen molar-refractivity contribution >= 4 is 51.1 Å². The van der Waals surface area contributed by atoms with Crippen molar-refractivity contribution in [2.24, 2.45) is 5.92 Å². The molecule has 2 amide bonds. The molecule has 10 nitrogen and oxygen atoms in total. The number of fused-ring (bicyclic) bond motifs is 1.